The molecule has 0 fully saturated rings. The van der Waals surface area contributed by atoms with Gasteiger partial charge in [-0.2, -0.15) is 0 Å². The van der Waals surface area contributed by atoms with Crippen LogP contribution in [0.4, 0.5) is 0 Å². The van der Waals surface area contributed by atoms with E-state index in [1.165, 1.54) is 83.5 Å². The number of hydrogen-bond acceptors (Lipinski definition) is 5. The van der Waals surface area contributed by atoms with Crippen molar-refractivity contribution in [1.82, 2.24) is 0 Å². The maximum atomic E-state index is 12.9. The minimum absolute atomic E-state index is 0.171. The third kappa shape index (κ3) is 13.8. The maximum Gasteiger partial charge on any atom is 0.383 e. The molecule has 0 aliphatic heterocycles. The second kappa shape index (κ2) is 22.3. The molecule has 0 saturated carbocycles. The van der Waals surface area contributed by atoms with Crippen molar-refractivity contribution in [3.8, 4) is 17.2 Å². The Hall–Kier alpha value is -2.43. The Balaban J connectivity index is 1.96. The van der Waals surface area contributed by atoms with Gasteiger partial charge in [-0.15, -0.1) is 0 Å². The van der Waals surface area contributed by atoms with Gasteiger partial charge in [0.2, 0.25) is 5.75 Å². The van der Waals surface area contributed by atoms with E-state index in [-0.39, 0.29) is 5.75 Å². The van der Waals surface area contributed by atoms with Gasteiger partial charge in [0.05, 0.1) is 25.2 Å². The number of ether oxygens (including phenoxy) is 3. The highest BCUT2D eigenvalue weighted by Crippen LogP contribution is 2.35. The predicted molar refractivity (Wildman–Crippen MR) is 168 cm³/mol. The van der Waals surface area contributed by atoms with Crippen molar-refractivity contribution in [2.45, 2.75) is 136 Å². The molecular weight excluding hydrogens is 500 g/mol. The molecule has 2 rings (SSSR count). The predicted octanol–water partition coefficient (Wildman–Crippen LogP) is 10.6. The first-order chi connectivity index (χ1) is 19.7. The Morgan fingerprint density at radius 3 is 1.77 bits per heavy atom. The molecular formula is C35H56O5. The number of allylic oxidation sites excluding steroid dienone is 1. The van der Waals surface area contributed by atoms with Gasteiger partial charge >= 0.3 is 5.63 Å². The van der Waals surface area contributed by atoms with E-state index in [1.807, 2.05) is 12.1 Å². The zero-order valence-corrected chi connectivity index (χ0v) is 25.8. The number of fused-ring (bicyclic) bond motifs is 1. The van der Waals surface area contributed by atoms with Crippen molar-refractivity contribution < 1.29 is 18.6 Å². The molecule has 0 saturated heterocycles. The van der Waals surface area contributed by atoms with E-state index >= 15 is 0 Å². The quantitative estimate of drug-likeness (QED) is 0.0691. The molecule has 1 aromatic heterocycles. The Labute approximate surface area is 243 Å². The topological polar surface area (TPSA) is 57.9 Å². The summed E-state index contributed by atoms with van der Waals surface area (Å²) in [7, 11) is 0. The first-order valence-electron chi connectivity index (χ1n) is 16.3. The third-order valence-corrected chi connectivity index (χ3v) is 7.24. The molecule has 0 bridgehead atoms. The minimum atomic E-state index is -0.502. The highest BCUT2D eigenvalue weighted by atomic mass is 16.5. The summed E-state index contributed by atoms with van der Waals surface area (Å²) < 4.78 is 23.8. The van der Waals surface area contributed by atoms with Gasteiger partial charge in [0, 0.05) is 6.07 Å². The van der Waals surface area contributed by atoms with Crippen molar-refractivity contribution in [3.63, 3.8) is 0 Å². The van der Waals surface area contributed by atoms with Crippen LogP contribution in [0.1, 0.15) is 136 Å². The summed E-state index contributed by atoms with van der Waals surface area (Å²) >= 11 is 0. The lowest BCUT2D eigenvalue weighted by Gasteiger charge is -2.14. The van der Waals surface area contributed by atoms with Crippen LogP contribution in [0.25, 0.3) is 11.0 Å². The lowest BCUT2D eigenvalue weighted by atomic mass is 10.1. The Bertz CT molecular complexity index is 993. The average Bonchev–Trinajstić information content (AvgIpc) is 2.96. The normalized spacial score (nSPS) is 11.5. The SMILES string of the molecule is CCC=CCCOc1c(OCCCCCCCCCC)c2ccc(OCCCCCCCCCC)cc2oc1=O. The van der Waals surface area contributed by atoms with E-state index in [9.17, 15) is 4.79 Å². The molecule has 0 amide bonds. The van der Waals surface area contributed by atoms with E-state index in [1.54, 1.807) is 6.07 Å². The van der Waals surface area contributed by atoms with Gasteiger partial charge in [0.25, 0.3) is 0 Å². The summed E-state index contributed by atoms with van der Waals surface area (Å²) in [4.78, 5) is 12.9. The standard InChI is InChI=1S/C35H56O5/c1-4-7-10-13-15-17-19-22-26-37-30-24-25-31-32(29-30)40-35(36)34(39-28-21-12-9-6-3)33(31)38-27-23-20-18-16-14-11-8-5-2/h9,12,24-25,29H,4-8,10-11,13-23,26-28H2,1-3H3. The zero-order chi connectivity index (χ0) is 28.7. The lowest BCUT2D eigenvalue weighted by Crippen LogP contribution is -2.11. The van der Waals surface area contributed by atoms with Crippen molar-refractivity contribution in [2.75, 3.05) is 19.8 Å². The van der Waals surface area contributed by atoms with Crippen molar-refractivity contribution in [2.24, 2.45) is 0 Å². The molecule has 226 valence electrons. The van der Waals surface area contributed by atoms with Crippen molar-refractivity contribution in [3.05, 3.63) is 40.8 Å². The van der Waals surface area contributed by atoms with Gasteiger partial charge < -0.3 is 18.6 Å². The average molecular weight is 557 g/mol. The fourth-order valence-electron chi connectivity index (χ4n) is 4.84. The molecule has 1 heterocycles. The molecule has 5 heteroatoms. The smallest absolute Gasteiger partial charge is 0.383 e. The number of hydrogen-bond donors (Lipinski definition) is 0. The molecule has 0 radical (unpaired) electrons. The Morgan fingerprint density at radius 2 is 1.18 bits per heavy atom. The van der Waals surface area contributed by atoms with Crippen LogP contribution >= 0.6 is 0 Å². The number of benzene rings is 1. The van der Waals surface area contributed by atoms with Crippen LogP contribution in [-0.2, 0) is 0 Å². The van der Waals surface area contributed by atoms with Gasteiger partial charge in [-0.25, -0.2) is 4.79 Å². The Kier molecular flexibility index (Phi) is 18.8. The molecule has 0 unspecified atom stereocenters. The number of unbranched alkanes of at least 4 members (excludes halogenated alkanes) is 14. The zero-order valence-electron chi connectivity index (χ0n) is 25.8. The van der Waals surface area contributed by atoms with Gasteiger partial charge in [-0.05, 0) is 37.8 Å². The fourth-order valence-corrected chi connectivity index (χ4v) is 4.84. The van der Waals surface area contributed by atoms with Crippen LogP contribution in [0, 0.1) is 0 Å². The summed E-state index contributed by atoms with van der Waals surface area (Å²) in [6, 6.07) is 5.66. The molecule has 1 aromatic carbocycles. The van der Waals surface area contributed by atoms with Crippen LogP contribution < -0.4 is 19.8 Å². The second-order valence-electron chi connectivity index (χ2n) is 10.9. The van der Waals surface area contributed by atoms with Crippen LogP contribution in [0.3, 0.4) is 0 Å². The summed E-state index contributed by atoms with van der Waals surface area (Å²) in [5, 5.41) is 0.748. The highest BCUT2D eigenvalue weighted by Gasteiger charge is 2.18. The van der Waals surface area contributed by atoms with E-state index in [2.05, 4.69) is 32.9 Å². The summed E-state index contributed by atoms with van der Waals surface area (Å²) in [5.74, 6) is 1.37. The number of rotatable bonds is 25. The fraction of sp³-hybridized carbons (Fsp3) is 0.686. The minimum Gasteiger partial charge on any atom is -0.493 e. The van der Waals surface area contributed by atoms with Crippen molar-refractivity contribution in [1.29, 1.82) is 0 Å². The van der Waals surface area contributed by atoms with Crippen LogP contribution in [0.15, 0.2) is 39.6 Å². The molecule has 0 atom stereocenters. The summed E-state index contributed by atoms with van der Waals surface area (Å²) in [6.07, 6.45) is 25.8. The highest BCUT2D eigenvalue weighted by molar-refractivity contribution is 5.86. The van der Waals surface area contributed by atoms with Crippen molar-refractivity contribution >= 4 is 11.0 Å². The van der Waals surface area contributed by atoms with E-state index < -0.39 is 5.63 Å². The second-order valence-corrected chi connectivity index (χ2v) is 10.9. The summed E-state index contributed by atoms with van der Waals surface area (Å²) in [5.41, 5.74) is -0.0271. The van der Waals surface area contributed by atoms with Crippen LogP contribution in [-0.4, -0.2) is 19.8 Å². The first-order valence-corrected chi connectivity index (χ1v) is 16.3. The van der Waals surface area contributed by atoms with Gasteiger partial charge in [0.1, 0.15) is 11.3 Å². The third-order valence-electron chi connectivity index (χ3n) is 7.24. The molecule has 40 heavy (non-hydrogen) atoms. The molecule has 2 aromatic rings. The molecule has 0 aliphatic rings. The molecule has 0 spiro atoms. The molecule has 5 nitrogen and oxygen atoms in total. The van der Waals surface area contributed by atoms with Gasteiger partial charge in [0.15, 0.2) is 5.75 Å². The van der Waals surface area contributed by atoms with Crippen LogP contribution in [0.2, 0.25) is 0 Å². The van der Waals surface area contributed by atoms with Crippen LogP contribution in [0.5, 0.6) is 17.2 Å². The lowest BCUT2D eigenvalue weighted by molar-refractivity contribution is 0.257. The van der Waals surface area contributed by atoms with E-state index in [0.717, 1.165) is 37.5 Å². The molecule has 0 N–H and O–H groups in total. The van der Waals surface area contributed by atoms with E-state index in [4.69, 9.17) is 18.6 Å². The summed E-state index contributed by atoms with van der Waals surface area (Å²) in [6.45, 7) is 8.22. The van der Waals surface area contributed by atoms with E-state index in [0.29, 0.717) is 36.9 Å². The molecule has 0 aliphatic carbocycles. The Morgan fingerprint density at radius 1 is 0.625 bits per heavy atom. The van der Waals surface area contributed by atoms with Gasteiger partial charge in [-0.3, -0.25) is 0 Å². The van der Waals surface area contributed by atoms with Gasteiger partial charge in [-0.1, -0.05) is 123 Å². The first kappa shape index (κ1) is 33.8. The largest absolute Gasteiger partial charge is 0.493 e. The monoisotopic (exact) mass is 556 g/mol. The maximum absolute atomic E-state index is 12.9.